The number of ether oxygens (including phenoxy) is 1. The highest BCUT2D eigenvalue weighted by Gasteiger charge is 2.21. The molecule has 2 heterocycles. The number of thiophene rings is 1. The molecule has 0 radical (unpaired) electrons. The Balaban J connectivity index is 1.94. The van der Waals surface area contributed by atoms with Gasteiger partial charge in [-0.25, -0.2) is 9.78 Å². The molecule has 0 aliphatic rings. The van der Waals surface area contributed by atoms with Crippen LogP contribution < -0.4 is 10.9 Å². The standard InChI is InChI=1S/C21H25N3O3S/c1-6-27-21(26)17-12(4)16-19(25)23-18(24-20(16)28-17)13(5)22-15-9-7-8-14(10-15)11(2)3/h7-11,13,22H,6H2,1-5H3,(H,23,24,25)/t13-/m1/s1. The third kappa shape index (κ3) is 3.94. The fourth-order valence-corrected chi connectivity index (χ4v) is 4.15. The lowest BCUT2D eigenvalue weighted by molar-refractivity contribution is 0.0531. The largest absolute Gasteiger partial charge is 0.462 e. The van der Waals surface area contributed by atoms with Crippen molar-refractivity contribution in [1.82, 2.24) is 9.97 Å². The van der Waals surface area contributed by atoms with Crippen LogP contribution >= 0.6 is 11.3 Å². The van der Waals surface area contributed by atoms with E-state index in [0.29, 0.717) is 32.4 Å². The number of esters is 1. The van der Waals surface area contributed by atoms with Crippen LogP contribution in [0.1, 0.15) is 66.3 Å². The Morgan fingerprint density at radius 2 is 2.07 bits per heavy atom. The van der Waals surface area contributed by atoms with Gasteiger partial charge >= 0.3 is 5.97 Å². The number of nitrogens with one attached hydrogen (secondary N) is 2. The van der Waals surface area contributed by atoms with Crippen LogP contribution in [0.5, 0.6) is 0 Å². The SMILES string of the molecule is CCOC(=O)c1sc2nc([C@@H](C)Nc3cccc(C(C)C)c3)[nH]c(=O)c2c1C. The molecule has 2 N–H and O–H groups in total. The number of rotatable bonds is 6. The Morgan fingerprint density at radius 3 is 2.75 bits per heavy atom. The minimum absolute atomic E-state index is 0.201. The summed E-state index contributed by atoms with van der Waals surface area (Å²) in [5.74, 6) is 0.548. The molecule has 1 atom stereocenters. The quantitative estimate of drug-likeness (QED) is 0.584. The van der Waals surface area contributed by atoms with Gasteiger partial charge in [-0.3, -0.25) is 4.79 Å². The number of fused-ring (bicyclic) bond motifs is 1. The van der Waals surface area contributed by atoms with Crippen LogP contribution in [-0.4, -0.2) is 22.5 Å². The van der Waals surface area contributed by atoms with E-state index >= 15 is 0 Å². The lowest BCUT2D eigenvalue weighted by Gasteiger charge is -2.16. The fraction of sp³-hybridized carbons (Fsp3) is 0.381. The van der Waals surface area contributed by atoms with Crippen molar-refractivity contribution < 1.29 is 9.53 Å². The zero-order valence-corrected chi connectivity index (χ0v) is 17.6. The maximum absolute atomic E-state index is 12.6. The van der Waals surface area contributed by atoms with E-state index in [4.69, 9.17) is 4.74 Å². The highest BCUT2D eigenvalue weighted by atomic mass is 32.1. The van der Waals surface area contributed by atoms with E-state index in [1.54, 1.807) is 13.8 Å². The average molecular weight is 400 g/mol. The molecule has 7 heteroatoms. The molecule has 0 spiro atoms. The maximum Gasteiger partial charge on any atom is 0.348 e. The van der Waals surface area contributed by atoms with E-state index in [-0.39, 0.29) is 18.2 Å². The van der Waals surface area contributed by atoms with Gasteiger partial charge in [0.25, 0.3) is 5.56 Å². The summed E-state index contributed by atoms with van der Waals surface area (Å²) in [5, 5.41) is 3.84. The Kier molecular flexibility index (Phi) is 5.84. The average Bonchev–Trinajstić information content (AvgIpc) is 2.99. The van der Waals surface area contributed by atoms with E-state index < -0.39 is 5.97 Å². The van der Waals surface area contributed by atoms with Crippen molar-refractivity contribution in [2.24, 2.45) is 0 Å². The van der Waals surface area contributed by atoms with Gasteiger partial charge in [-0.2, -0.15) is 0 Å². The van der Waals surface area contributed by atoms with Gasteiger partial charge in [0.2, 0.25) is 0 Å². The molecule has 2 aromatic heterocycles. The predicted molar refractivity (Wildman–Crippen MR) is 114 cm³/mol. The first kappa shape index (κ1) is 20.1. The monoisotopic (exact) mass is 399 g/mol. The molecule has 3 rings (SSSR count). The number of hydrogen-bond donors (Lipinski definition) is 2. The number of hydrogen-bond acceptors (Lipinski definition) is 6. The van der Waals surface area contributed by atoms with Crippen LogP contribution in [0.3, 0.4) is 0 Å². The van der Waals surface area contributed by atoms with Crippen LogP contribution in [0.15, 0.2) is 29.1 Å². The minimum Gasteiger partial charge on any atom is -0.462 e. The van der Waals surface area contributed by atoms with Gasteiger partial charge in [0.15, 0.2) is 0 Å². The number of benzene rings is 1. The minimum atomic E-state index is -0.416. The van der Waals surface area contributed by atoms with Crippen LogP contribution in [0.4, 0.5) is 5.69 Å². The van der Waals surface area contributed by atoms with Gasteiger partial charge in [-0.1, -0.05) is 26.0 Å². The first-order valence-corrected chi connectivity index (χ1v) is 10.2. The van der Waals surface area contributed by atoms with Crippen LogP contribution in [-0.2, 0) is 4.74 Å². The van der Waals surface area contributed by atoms with Crippen LogP contribution in [0.25, 0.3) is 10.2 Å². The summed E-state index contributed by atoms with van der Waals surface area (Å²) in [6, 6.07) is 8.00. The normalized spacial score (nSPS) is 12.4. The van der Waals surface area contributed by atoms with Crippen molar-refractivity contribution in [3.05, 3.63) is 56.4 Å². The molecule has 28 heavy (non-hydrogen) atoms. The molecule has 0 bridgehead atoms. The molecule has 0 amide bonds. The summed E-state index contributed by atoms with van der Waals surface area (Å²) in [5.41, 5.74) is 2.58. The molecule has 148 valence electrons. The van der Waals surface area contributed by atoms with E-state index in [1.165, 1.54) is 16.9 Å². The Labute approximate surface area is 168 Å². The molecule has 1 aromatic carbocycles. The summed E-state index contributed by atoms with van der Waals surface area (Å²) in [7, 11) is 0. The molecule has 0 unspecified atom stereocenters. The summed E-state index contributed by atoms with van der Waals surface area (Å²) < 4.78 is 5.08. The first-order valence-electron chi connectivity index (χ1n) is 9.38. The van der Waals surface area contributed by atoms with Crippen LogP contribution in [0, 0.1) is 6.92 Å². The molecular formula is C21H25N3O3S. The molecular weight excluding hydrogens is 374 g/mol. The molecule has 0 fully saturated rings. The van der Waals surface area contributed by atoms with Gasteiger partial charge in [-0.15, -0.1) is 11.3 Å². The number of carbonyl (C=O) groups excluding carboxylic acids is 1. The van der Waals surface area contributed by atoms with Gasteiger partial charge in [0, 0.05) is 5.69 Å². The van der Waals surface area contributed by atoms with Gasteiger partial charge in [0.1, 0.15) is 15.5 Å². The van der Waals surface area contributed by atoms with Gasteiger partial charge in [0.05, 0.1) is 18.0 Å². The second-order valence-corrected chi connectivity index (χ2v) is 8.05. The number of nitrogens with zero attached hydrogens (tertiary/aromatic N) is 1. The van der Waals surface area contributed by atoms with Gasteiger partial charge < -0.3 is 15.0 Å². The zero-order valence-electron chi connectivity index (χ0n) is 16.8. The topological polar surface area (TPSA) is 84.1 Å². The molecule has 0 aliphatic heterocycles. The number of aromatic amines is 1. The van der Waals surface area contributed by atoms with Gasteiger partial charge in [-0.05, 0) is 49.9 Å². The smallest absolute Gasteiger partial charge is 0.348 e. The maximum atomic E-state index is 12.6. The van der Waals surface area contributed by atoms with Crippen molar-refractivity contribution in [1.29, 1.82) is 0 Å². The summed E-state index contributed by atoms with van der Waals surface area (Å²) in [6.45, 7) is 10.0. The second-order valence-electron chi connectivity index (χ2n) is 7.05. The lowest BCUT2D eigenvalue weighted by atomic mass is 10.0. The zero-order chi connectivity index (χ0) is 20.4. The van der Waals surface area contributed by atoms with Crippen molar-refractivity contribution in [2.75, 3.05) is 11.9 Å². The highest BCUT2D eigenvalue weighted by Crippen LogP contribution is 2.29. The van der Waals surface area contributed by atoms with E-state index in [1.807, 2.05) is 19.1 Å². The predicted octanol–water partition coefficient (Wildman–Crippen LogP) is 4.77. The fourth-order valence-electron chi connectivity index (χ4n) is 3.06. The van der Waals surface area contributed by atoms with Crippen molar-refractivity contribution >= 4 is 33.2 Å². The molecule has 0 saturated heterocycles. The summed E-state index contributed by atoms with van der Waals surface area (Å²) in [6.07, 6.45) is 0. The third-order valence-electron chi connectivity index (χ3n) is 4.63. The number of H-pyrrole nitrogens is 1. The van der Waals surface area contributed by atoms with E-state index in [0.717, 1.165) is 5.69 Å². The molecule has 0 aliphatic carbocycles. The summed E-state index contributed by atoms with van der Waals surface area (Å²) in [4.78, 5) is 33.2. The number of anilines is 1. The second kappa shape index (κ2) is 8.14. The first-order chi connectivity index (χ1) is 13.3. The molecule has 3 aromatic rings. The summed E-state index contributed by atoms with van der Waals surface area (Å²) >= 11 is 1.20. The van der Waals surface area contributed by atoms with E-state index in [2.05, 4.69) is 41.3 Å². The third-order valence-corrected chi connectivity index (χ3v) is 5.79. The Hall–Kier alpha value is -2.67. The van der Waals surface area contributed by atoms with Crippen molar-refractivity contribution in [3.63, 3.8) is 0 Å². The van der Waals surface area contributed by atoms with E-state index in [9.17, 15) is 9.59 Å². The van der Waals surface area contributed by atoms with Crippen molar-refractivity contribution in [3.8, 4) is 0 Å². The highest BCUT2D eigenvalue weighted by molar-refractivity contribution is 7.20. The number of aromatic nitrogens is 2. The number of aryl methyl sites for hydroxylation is 1. The molecule has 6 nitrogen and oxygen atoms in total. The Morgan fingerprint density at radius 1 is 1.32 bits per heavy atom. The van der Waals surface area contributed by atoms with Crippen molar-refractivity contribution in [2.45, 2.75) is 46.6 Å². The van der Waals surface area contributed by atoms with Crippen LogP contribution in [0.2, 0.25) is 0 Å². The number of carbonyl (C=O) groups is 1. The lowest BCUT2D eigenvalue weighted by Crippen LogP contribution is -2.17. The Bertz CT molecular complexity index is 1070. The molecule has 0 saturated carbocycles.